The van der Waals surface area contributed by atoms with Crippen LogP contribution in [0.1, 0.15) is 0 Å². The predicted molar refractivity (Wildman–Crippen MR) is 254 cm³/mol. The lowest BCUT2D eigenvalue weighted by Gasteiger charge is -2.15. The fraction of sp³-hybridized carbons (Fsp3) is 0. The first-order valence-corrected chi connectivity index (χ1v) is 20.8. The molecule has 0 aliphatic rings. The third-order valence-electron chi connectivity index (χ3n) is 12.3. The first-order chi connectivity index (χ1) is 30.7. The summed E-state index contributed by atoms with van der Waals surface area (Å²) in [7, 11) is 0. The van der Waals surface area contributed by atoms with E-state index in [1.54, 1.807) is 0 Å². The van der Waals surface area contributed by atoms with Gasteiger partial charge in [-0.05, 0) is 97.0 Å². The molecule has 5 heteroatoms. The van der Waals surface area contributed by atoms with Crippen molar-refractivity contribution >= 4 is 76.2 Å². The summed E-state index contributed by atoms with van der Waals surface area (Å²) in [5, 5.41) is 10.9. The molecular weight excluding hydrogens is 759 g/mol. The van der Waals surface area contributed by atoms with Crippen LogP contribution < -0.4 is 0 Å². The van der Waals surface area contributed by atoms with Gasteiger partial charge in [-0.3, -0.25) is 0 Å². The van der Waals surface area contributed by atoms with Crippen LogP contribution in [0.5, 0.6) is 0 Å². The van der Waals surface area contributed by atoms with E-state index in [4.69, 9.17) is 23.8 Å². The SMILES string of the molecule is c1ccc(-c2ccc3c(c2)oc2cccc(-c4ccc(-c5nc(-c6cc7ccccc7c7ccccc67)nc(-c6cccc7c6oc6ccccc67)n5)c5ccccc45)c23)cc1. The smallest absolute Gasteiger partial charge is 0.167 e. The Bertz CT molecular complexity index is 3940. The maximum atomic E-state index is 6.57. The van der Waals surface area contributed by atoms with Crippen LogP contribution in [-0.2, 0) is 0 Å². The molecule has 0 atom stereocenters. The van der Waals surface area contributed by atoms with E-state index < -0.39 is 0 Å². The predicted octanol–water partition coefficient (Wildman–Crippen LogP) is 15.5. The van der Waals surface area contributed by atoms with Gasteiger partial charge in [-0.25, -0.2) is 15.0 Å². The summed E-state index contributed by atoms with van der Waals surface area (Å²) in [4.78, 5) is 16.0. The highest BCUT2D eigenvalue weighted by atomic mass is 16.3. The Morgan fingerprint density at radius 1 is 0.274 bits per heavy atom. The normalized spacial score (nSPS) is 11.9. The molecule has 3 aromatic heterocycles. The zero-order valence-corrected chi connectivity index (χ0v) is 33.2. The Hall–Kier alpha value is -8.41. The van der Waals surface area contributed by atoms with Gasteiger partial charge in [0.2, 0.25) is 0 Å². The molecule has 0 spiro atoms. The average Bonchev–Trinajstić information content (AvgIpc) is 3.92. The van der Waals surface area contributed by atoms with E-state index in [1.165, 1.54) is 5.39 Å². The molecule has 0 N–H and O–H groups in total. The molecule has 0 saturated carbocycles. The van der Waals surface area contributed by atoms with Gasteiger partial charge in [0.05, 0.1) is 5.56 Å². The first-order valence-electron chi connectivity index (χ1n) is 20.8. The second-order valence-corrected chi connectivity index (χ2v) is 15.8. The summed E-state index contributed by atoms with van der Waals surface area (Å²) in [6, 6.07) is 69.8. The quantitative estimate of drug-likeness (QED) is 0.162. The van der Waals surface area contributed by atoms with Crippen LogP contribution in [0.4, 0.5) is 0 Å². The van der Waals surface area contributed by atoms with Crippen LogP contribution in [0, 0.1) is 0 Å². The fourth-order valence-corrected chi connectivity index (χ4v) is 9.49. The highest BCUT2D eigenvalue weighted by Crippen LogP contribution is 2.43. The van der Waals surface area contributed by atoms with E-state index in [2.05, 4.69) is 170 Å². The standard InChI is InChI=1S/C57H33N3O2/c1-2-14-34(15-3-1)35-28-29-47-52(33-35)61-51-27-13-23-44(53(47)51)42-30-31-46(40-20-8-7-19-39(40)42)55-58-56(48-25-12-24-45-43-22-10-11-26-50(43)62-54(45)48)60-57(59-55)49-32-36-16-4-5-17-37(36)38-18-6-9-21-41(38)49/h1-33H. The largest absolute Gasteiger partial charge is 0.456 e. The summed E-state index contributed by atoms with van der Waals surface area (Å²) in [6.07, 6.45) is 0. The van der Waals surface area contributed by atoms with Crippen molar-refractivity contribution in [3.63, 3.8) is 0 Å². The number of rotatable bonds is 5. The minimum Gasteiger partial charge on any atom is -0.456 e. The summed E-state index contributed by atoms with van der Waals surface area (Å²) < 4.78 is 13.1. The molecule has 13 aromatic rings. The molecule has 0 unspecified atom stereocenters. The highest BCUT2D eigenvalue weighted by molar-refractivity contribution is 6.17. The molecule has 3 heterocycles. The monoisotopic (exact) mass is 791 g/mol. The van der Waals surface area contributed by atoms with Crippen LogP contribution in [0.3, 0.4) is 0 Å². The number of benzene rings is 10. The van der Waals surface area contributed by atoms with E-state index in [0.29, 0.717) is 17.5 Å². The Morgan fingerprint density at radius 2 is 0.855 bits per heavy atom. The van der Waals surface area contributed by atoms with Crippen LogP contribution >= 0.6 is 0 Å². The molecular formula is C57H33N3O2. The number of hydrogen-bond donors (Lipinski definition) is 0. The van der Waals surface area contributed by atoms with Gasteiger partial charge in [0.25, 0.3) is 0 Å². The minimum atomic E-state index is 0.546. The van der Waals surface area contributed by atoms with Gasteiger partial charge >= 0.3 is 0 Å². The van der Waals surface area contributed by atoms with E-state index >= 15 is 0 Å². The first kappa shape index (κ1) is 34.5. The van der Waals surface area contributed by atoms with Crippen LogP contribution in [0.15, 0.2) is 209 Å². The zero-order valence-electron chi connectivity index (χ0n) is 33.2. The molecule has 0 bridgehead atoms. The van der Waals surface area contributed by atoms with Crippen molar-refractivity contribution in [1.29, 1.82) is 0 Å². The maximum Gasteiger partial charge on any atom is 0.167 e. The third-order valence-corrected chi connectivity index (χ3v) is 12.3. The van der Waals surface area contributed by atoms with E-state index in [1.807, 2.05) is 30.3 Å². The van der Waals surface area contributed by atoms with E-state index in [9.17, 15) is 0 Å². The Labute approximate surface area is 355 Å². The van der Waals surface area contributed by atoms with Crippen molar-refractivity contribution < 1.29 is 8.83 Å². The van der Waals surface area contributed by atoms with Gasteiger partial charge in [0, 0.05) is 32.7 Å². The maximum absolute atomic E-state index is 6.57. The van der Waals surface area contributed by atoms with Gasteiger partial charge in [-0.2, -0.15) is 0 Å². The lowest BCUT2D eigenvalue weighted by molar-refractivity contribution is 0.669. The summed E-state index contributed by atoms with van der Waals surface area (Å²) >= 11 is 0. The van der Waals surface area contributed by atoms with Crippen LogP contribution in [0.25, 0.3) is 133 Å². The third kappa shape index (κ3) is 5.32. The molecule has 0 aliphatic heterocycles. The number of aromatic nitrogens is 3. The molecule has 0 saturated heterocycles. The molecule has 0 fully saturated rings. The average molecular weight is 792 g/mol. The van der Waals surface area contributed by atoms with Crippen molar-refractivity contribution in [2.75, 3.05) is 0 Å². The molecule has 5 nitrogen and oxygen atoms in total. The highest BCUT2D eigenvalue weighted by Gasteiger charge is 2.22. The summed E-state index contributed by atoms with van der Waals surface area (Å²) in [6.45, 7) is 0. The van der Waals surface area contributed by atoms with E-state index in [-0.39, 0.29) is 0 Å². The van der Waals surface area contributed by atoms with Gasteiger partial charge in [-0.1, -0.05) is 158 Å². The van der Waals surface area contributed by atoms with Crippen molar-refractivity contribution in [2.45, 2.75) is 0 Å². The zero-order chi connectivity index (χ0) is 40.7. The lowest BCUT2D eigenvalue weighted by atomic mass is 9.92. The summed E-state index contributed by atoms with van der Waals surface area (Å²) in [5.41, 5.74) is 10.4. The molecule has 0 aliphatic carbocycles. The Kier molecular flexibility index (Phi) is 7.54. The molecule has 62 heavy (non-hydrogen) atoms. The van der Waals surface area contributed by atoms with Gasteiger partial charge < -0.3 is 8.83 Å². The number of para-hydroxylation sites is 2. The van der Waals surface area contributed by atoms with Crippen LogP contribution in [-0.4, -0.2) is 15.0 Å². The van der Waals surface area contributed by atoms with E-state index in [0.717, 1.165) is 110 Å². The van der Waals surface area contributed by atoms with Gasteiger partial charge in [0.1, 0.15) is 22.3 Å². The summed E-state index contributed by atoms with van der Waals surface area (Å²) in [5.74, 6) is 1.72. The molecule has 13 rings (SSSR count). The lowest BCUT2D eigenvalue weighted by Crippen LogP contribution is -2.01. The van der Waals surface area contributed by atoms with Crippen molar-refractivity contribution in [2.24, 2.45) is 0 Å². The number of hydrogen-bond acceptors (Lipinski definition) is 5. The number of nitrogens with zero attached hydrogens (tertiary/aromatic N) is 3. The van der Waals surface area contributed by atoms with Crippen molar-refractivity contribution in [1.82, 2.24) is 15.0 Å². The topological polar surface area (TPSA) is 65.0 Å². The minimum absolute atomic E-state index is 0.546. The van der Waals surface area contributed by atoms with Gasteiger partial charge in [-0.15, -0.1) is 0 Å². The fourth-order valence-electron chi connectivity index (χ4n) is 9.49. The molecule has 0 amide bonds. The molecule has 288 valence electrons. The second-order valence-electron chi connectivity index (χ2n) is 15.8. The van der Waals surface area contributed by atoms with Gasteiger partial charge in [0.15, 0.2) is 17.5 Å². The Balaban J connectivity index is 1.05. The Morgan fingerprint density at radius 3 is 1.68 bits per heavy atom. The van der Waals surface area contributed by atoms with Crippen LogP contribution in [0.2, 0.25) is 0 Å². The van der Waals surface area contributed by atoms with Crippen molar-refractivity contribution in [3.8, 4) is 56.4 Å². The van der Waals surface area contributed by atoms with Crippen molar-refractivity contribution in [3.05, 3.63) is 200 Å². The second kappa shape index (κ2) is 13.6. The molecule has 10 aromatic carbocycles. The molecule has 0 radical (unpaired) electrons. The number of furan rings is 2. The number of fused-ring (bicyclic) bond motifs is 10.